The molecule has 2 N–H and O–H groups in total. The Morgan fingerprint density at radius 2 is 1.94 bits per heavy atom. The fourth-order valence-electron chi connectivity index (χ4n) is 1.88. The van der Waals surface area contributed by atoms with Crippen molar-refractivity contribution in [1.29, 1.82) is 0 Å². The van der Waals surface area contributed by atoms with Crippen LogP contribution in [0.15, 0.2) is 0 Å². The minimum atomic E-state index is -0.430. The average molecular weight is 228 g/mol. The zero-order valence-corrected chi connectivity index (χ0v) is 11.0. The molecule has 0 aromatic heterocycles. The number of piperidine rings is 1. The first kappa shape index (κ1) is 13.3. The van der Waals surface area contributed by atoms with Crippen molar-refractivity contribution in [3.63, 3.8) is 0 Å². The van der Waals surface area contributed by atoms with E-state index in [9.17, 15) is 4.79 Å². The van der Waals surface area contributed by atoms with Gasteiger partial charge in [-0.05, 0) is 39.2 Å². The average Bonchev–Trinajstić information content (AvgIpc) is 2.09. The van der Waals surface area contributed by atoms with E-state index in [1.165, 1.54) is 0 Å². The summed E-state index contributed by atoms with van der Waals surface area (Å²) >= 11 is 0. The normalized spacial score (nSPS) is 30.9. The summed E-state index contributed by atoms with van der Waals surface area (Å²) < 4.78 is 5.25. The van der Waals surface area contributed by atoms with Crippen molar-refractivity contribution in [3.8, 4) is 0 Å². The molecule has 4 heteroatoms. The molecule has 0 spiro atoms. The zero-order chi connectivity index (χ0) is 12.3. The summed E-state index contributed by atoms with van der Waals surface area (Å²) in [6.45, 7) is 11.8. The van der Waals surface area contributed by atoms with Crippen molar-refractivity contribution >= 4 is 6.09 Å². The fourth-order valence-corrected chi connectivity index (χ4v) is 1.88. The molecule has 0 bridgehead atoms. The predicted molar refractivity (Wildman–Crippen MR) is 64.4 cm³/mol. The first-order valence-corrected chi connectivity index (χ1v) is 6.00. The Morgan fingerprint density at radius 1 is 1.31 bits per heavy atom. The molecular weight excluding hydrogens is 204 g/mol. The highest BCUT2D eigenvalue weighted by Gasteiger charge is 2.29. The highest BCUT2D eigenvalue weighted by molar-refractivity contribution is 5.68. The Hall–Kier alpha value is -0.770. The lowest BCUT2D eigenvalue weighted by Crippen LogP contribution is -2.54. The minimum absolute atomic E-state index is 0.165. The first-order valence-electron chi connectivity index (χ1n) is 6.00. The van der Waals surface area contributed by atoms with Gasteiger partial charge in [-0.2, -0.15) is 0 Å². The van der Waals surface area contributed by atoms with E-state index >= 15 is 0 Å². The standard InChI is InChI=1S/C12H24N2O2/c1-8-6-13-7-10(9(8)2)14-11(15)16-12(3,4)5/h8-10,13H,6-7H2,1-5H3,(H,14,15). The molecule has 0 aromatic rings. The molecule has 1 fully saturated rings. The summed E-state index contributed by atoms with van der Waals surface area (Å²) in [6.07, 6.45) is -0.319. The summed E-state index contributed by atoms with van der Waals surface area (Å²) in [5.74, 6) is 1.06. The minimum Gasteiger partial charge on any atom is -0.444 e. The Labute approximate surface area is 98.1 Å². The van der Waals surface area contributed by atoms with Crippen molar-refractivity contribution in [2.75, 3.05) is 13.1 Å². The number of rotatable bonds is 1. The molecule has 1 rings (SSSR count). The lowest BCUT2D eigenvalue weighted by atomic mass is 9.86. The van der Waals surface area contributed by atoms with Gasteiger partial charge in [0.25, 0.3) is 0 Å². The number of nitrogens with one attached hydrogen (secondary N) is 2. The lowest BCUT2D eigenvalue weighted by Gasteiger charge is -2.35. The molecule has 1 heterocycles. The predicted octanol–water partition coefficient (Wildman–Crippen LogP) is 1.76. The van der Waals surface area contributed by atoms with Crippen LogP contribution in [0, 0.1) is 11.8 Å². The van der Waals surface area contributed by atoms with E-state index in [0.29, 0.717) is 11.8 Å². The summed E-state index contributed by atoms with van der Waals surface area (Å²) in [6, 6.07) is 0.165. The van der Waals surface area contributed by atoms with Crippen LogP contribution in [0.25, 0.3) is 0 Å². The molecule has 3 atom stereocenters. The van der Waals surface area contributed by atoms with Crippen LogP contribution in [0.4, 0.5) is 4.79 Å². The highest BCUT2D eigenvalue weighted by atomic mass is 16.6. The van der Waals surface area contributed by atoms with Crippen molar-refractivity contribution in [2.24, 2.45) is 11.8 Å². The monoisotopic (exact) mass is 228 g/mol. The van der Waals surface area contributed by atoms with Crippen molar-refractivity contribution in [2.45, 2.75) is 46.3 Å². The number of amides is 1. The maximum absolute atomic E-state index is 11.6. The molecule has 1 aliphatic rings. The SMILES string of the molecule is CC1CNCC(NC(=O)OC(C)(C)C)C1C. The van der Waals surface area contributed by atoms with Gasteiger partial charge in [0.15, 0.2) is 0 Å². The molecule has 94 valence electrons. The largest absolute Gasteiger partial charge is 0.444 e. The van der Waals surface area contributed by atoms with Gasteiger partial charge in [-0.1, -0.05) is 13.8 Å². The molecule has 3 unspecified atom stereocenters. The summed E-state index contributed by atoms with van der Waals surface area (Å²) in [5, 5.41) is 6.24. The zero-order valence-electron chi connectivity index (χ0n) is 11.0. The Kier molecular flexibility index (Phi) is 4.19. The number of hydrogen-bond acceptors (Lipinski definition) is 3. The van der Waals surface area contributed by atoms with E-state index in [0.717, 1.165) is 13.1 Å². The van der Waals surface area contributed by atoms with Crippen molar-refractivity contribution in [3.05, 3.63) is 0 Å². The van der Waals surface area contributed by atoms with Crippen LogP contribution < -0.4 is 10.6 Å². The van der Waals surface area contributed by atoms with E-state index in [-0.39, 0.29) is 12.1 Å². The van der Waals surface area contributed by atoms with Crippen molar-refractivity contribution < 1.29 is 9.53 Å². The second kappa shape index (κ2) is 5.04. The molecular formula is C12H24N2O2. The molecule has 0 saturated carbocycles. The number of ether oxygens (including phenoxy) is 1. The molecule has 0 aromatic carbocycles. The molecule has 1 aliphatic heterocycles. The topological polar surface area (TPSA) is 50.4 Å². The van der Waals surface area contributed by atoms with Crippen LogP contribution in [0.1, 0.15) is 34.6 Å². The van der Waals surface area contributed by atoms with Crippen LogP contribution in [-0.2, 0) is 4.74 Å². The van der Waals surface area contributed by atoms with Gasteiger partial charge in [0, 0.05) is 12.6 Å². The maximum Gasteiger partial charge on any atom is 0.407 e. The van der Waals surface area contributed by atoms with Gasteiger partial charge in [0.2, 0.25) is 0 Å². The van der Waals surface area contributed by atoms with E-state index in [2.05, 4.69) is 24.5 Å². The maximum atomic E-state index is 11.6. The Bertz CT molecular complexity index is 248. The van der Waals surface area contributed by atoms with Crippen molar-refractivity contribution in [1.82, 2.24) is 10.6 Å². The second-order valence-corrected chi connectivity index (χ2v) is 5.75. The summed E-state index contributed by atoms with van der Waals surface area (Å²) in [4.78, 5) is 11.6. The van der Waals surface area contributed by atoms with Gasteiger partial charge in [0.1, 0.15) is 5.60 Å². The fraction of sp³-hybridized carbons (Fsp3) is 0.917. The van der Waals surface area contributed by atoms with Crippen LogP contribution in [0.3, 0.4) is 0 Å². The van der Waals surface area contributed by atoms with Gasteiger partial charge in [-0.15, -0.1) is 0 Å². The lowest BCUT2D eigenvalue weighted by molar-refractivity contribution is 0.0464. The summed E-state index contributed by atoms with van der Waals surface area (Å²) in [7, 11) is 0. The third-order valence-corrected chi connectivity index (χ3v) is 3.06. The van der Waals surface area contributed by atoms with E-state index in [1.54, 1.807) is 0 Å². The highest BCUT2D eigenvalue weighted by Crippen LogP contribution is 2.18. The van der Waals surface area contributed by atoms with E-state index < -0.39 is 5.60 Å². The molecule has 1 saturated heterocycles. The van der Waals surface area contributed by atoms with E-state index in [1.807, 2.05) is 20.8 Å². The molecule has 1 amide bonds. The molecule has 0 radical (unpaired) electrons. The van der Waals surface area contributed by atoms with Crippen LogP contribution in [0.2, 0.25) is 0 Å². The summed E-state index contributed by atoms with van der Waals surface area (Å²) in [5.41, 5.74) is -0.430. The second-order valence-electron chi connectivity index (χ2n) is 5.75. The third kappa shape index (κ3) is 4.00. The van der Waals surface area contributed by atoms with Gasteiger partial charge >= 0.3 is 6.09 Å². The van der Waals surface area contributed by atoms with Gasteiger partial charge < -0.3 is 15.4 Å². The van der Waals surface area contributed by atoms with Gasteiger partial charge in [-0.25, -0.2) is 4.79 Å². The van der Waals surface area contributed by atoms with Crippen LogP contribution in [0.5, 0.6) is 0 Å². The van der Waals surface area contributed by atoms with E-state index in [4.69, 9.17) is 4.74 Å². The smallest absolute Gasteiger partial charge is 0.407 e. The molecule has 0 aliphatic carbocycles. The quantitative estimate of drug-likeness (QED) is 0.719. The third-order valence-electron chi connectivity index (χ3n) is 3.06. The van der Waals surface area contributed by atoms with Crippen LogP contribution in [-0.4, -0.2) is 30.8 Å². The number of alkyl carbamates (subject to hydrolysis) is 1. The van der Waals surface area contributed by atoms with Gasteiger partial charge in [0.05, 0.1) is 0 Å². The van der Waals surface area contributed by atoms with Gasteiger partial charge in [-0.3, -0.25) is 0 Å². The first-order chi connectivity index (χ1) is 7.29. The Balaban J connectivity index is 2.44. The number of carbonyl (C=O) groups excluding carboxylic acids is 1. The molecule has 16 heavy (non-hydrogen) atoms. The number of carbonyl (C=O) groups is 1. The Morgan fingerprint density at radius 3 is 2.50 bits per heavy atom. The number of hydrogen-bond donors (Lipinski definition) is 2. The van der Waals surface area contributed by atoms with Crippen LogP contribution >= 0.6 is 0 Å². The molecule has 4 nitrogen and oxygen atoms in total.